The molecule has 2 rings (SSSR count). The average molecular weight is 222 g/mol. The van der Waals surface area contributed by atoms with Gasteiger partial charge < -0.3 is 0 Å². The zero-order valence-electron chi connectivity index (χ0n) is 12.6. The molecule has 94 valence electrons. The molecule has 0 aromatic rings. The van der Waals surface area contributed by atoms with Crippen LogP contribution in [0.1, 0.15) is 68.2 Å². The van der Waals surface area contributed by atoms with Crippen molar-refractivity contribution < 1.29 is 0 Å². The van der Waals surface area contributed by atoms with Crippen LogP contribution in [0.5, 0.6) is 0 Å². The SMILES string of the molecule is CCC1(C)C(C)C1(C)C1(C)CC1(C)C(C)C. The van der Waals surface area contributed by atoms with E-state index in [1.165, 1.54) is 12.8 Å². The molecule has 5 atom stereocenters. The summed E-state index contributed by atoms with van der Waals surface area (Å²) in [6, 6.07) is 0. The lowest BCUT2D eigenvalue weighted by atomic mass is 9.72. The van der Waals surface area contributed by atoms with Gasteiger partial charge in [0, 0.05) is 0 Å². The molecule has 0 spiro atoms. The van der Waals surface area contributed by atoms with Crippen molar-refractivity contribution in [1.29, 1.82) is 0 Å². The van der Waals surface area contributed by atoms with E-state index in [9.17, 15) is 0 Å². The number of hydrogen-bond acceptors (Lipinski definition) is 0. The third kappa shape index (κ3) is 0.946. The number of hydrogen-bond donors (Lipinski definition) is 0. The molecule has 0 heterocycles. The van der Waals surface area contributed by atoms with Crippen LogP contribution in [0.15, 0.2) is 0 Å². The maximum atomic E-state index is 2.56. The quantitative estimate of drug-likeness (QED) is 0.621. The Balaban J connectivity index is 2.30. The first kappa shape index (κ1) is 12.5. The van der Waals surface area contributed by atoms with Crippen LogP contribution in [0, 0.1) is 33.5 Å². The maximum Gasteiger partial charge on any atom is -0.0179 e. The third-order valence-electron chi connectivity index (χ3n) is 7.94. The first-order valence-corrected chi connectivity index (χ1v) is 7.12. The van der Waals surface area contributed by atoms with Crippen molar-refractivity contribution in [2.75, 3.05) is 0 Å². The number of rotatable bonds is 3. The minimum Gasteiger partial charge on any atom is -0.0648 e. The molecular formula is C16H30. The summed E-state index contributed by atoms with van der Waals surface area (Å²) in [5.74, 6) is 1.72. The highest BCUT2D eigenvalue weighted by Gasteiger charge is 2.83. The molecule has 5 unspecified atom stereocenters. The van der Waals surface area contributed by atoms with Crippen molar-refractivity contribution >= 4 is 0 Å². The van der Waals surface area contributed by atoms with Gasteiger partial charge in [-0.25, -0.2) is 0 Å². The molecular weight excluding hydrogens is 192 g/mol. The molecule has 2 aliphatic rings. The predicted octanol–water partition coefficient (Wildman–Crippen LogP) is 5.13. The summed E-state index contributed by atoms with van der Waals surface area (Å²) in [5, 5.41) is 0. The summed E-state index contributed by atoms with van der Waals surface area (Å²) in [7, 11) is 0. The summed E-state index contributed by atoms with van der Waals surface area (Å²) in [4.78, 5) is 0. The molecule has 0 bridgehead atoms. The van der Waals surface area contributed by atoms with E-state index in [1.54, 1.807) is 0 Å². The van der Waals surface area contributed by atoms with Crippen molar-refractivity contribution in [3.05, 3.63) is 0 Å². The summed E-state index contributed by atoms with van der Waals surface area (Å²) < 4.78 is 0. The Hall–Kier alpha value is 0. The van der Waals surface area contributed by atoms with Gasteiger partial charge in [0.2, 0.25) is 0 Å². The smallest absolute Gasteiger partial charge is 0.0179 e. The molecule has 0 saturated heterocycles. The van der Waals surface area contributed by atoms with E-state index in [0.717, 1.165) is 11.8 Å². The molecule has 2 fully saturated rings. The van der Waals surface area contributed by atoms with E-state index in [1.807, 2.05) is 0 Å². The highest BCUT2D eigenvalue weighted by molar-refractivity contribution is 5.30. The van der Waals surface area contributed by atoms with E-state index in [0.29, 0.717) is 21.7 Å². The summed E-state index contributed by atoms with van der Waals surface area (Å²) in [6.07, 6.45) is 2.78. The normalized spacial score (nSPS) is 60.2. The summed E-state index contributed by atoms with van der Waals surface area (Å²) in [6.45, 7) is 19.8. The lowest BCUT2D eigenvalue weighted by Crippen LogP contribution is -2.26. The van der Waals surface area contributed by atoms with Crippen LogP contribution in [-0.4, -0.2) is 0 Å². The Bertz CT molecular complexity index is 318. The fourth-order valence-electron chi connectivity index (χ4n) is 5.24. The molecule has 0 nitrogen and oxygen atoms in total. The van der Waals surface area contributed by atoms with E-state index >= 15 is 0 Å². The van der Waals surface area contributed by atoms with Gasteiger partial charge in [0.15, 0.2) is 0 Å². The fourth-order valence-corrected chi connectivity index (χ4v) is 5.24. The molecule has 0 N–H and O–H groups in total. The molecule has 0 aliphatic heterocycles. The van der Waals surface area contributed by atoms with Crippen molar-refractivity contribution in [2.24, 2.45) is 33.5 Å². The van der Waals surface area contributed by atoms with Gasteiger partial charge in [-0.05, 0) is 46.3 Å². The lowest BCUT2D eigenvalue weighted by molar-refractivity contribution is 0.160. The molecule has 0 amide bonds. The molecule has 0 aromatic carbocycles. The van der Waals surface area contributed by atoms with E-state index in [2.05, 4.69) is 55.4 Å². The van der Waals surface area contributed by atoms with Gasteiger partial charge in [0.1, 0.15) is 0 Å². The van der Waals surface area contributed by atoms with Crippen molar-refractivity contribution in [2.45, 2.75) is 68.2 Å². The van der Waals surface area contributed by atoms with Gasteiger partial charge in [-0.1, -0.05) is 55.4 Å². The molecule has 2 saturated carbocycles. The minimum absolute atomic E-state index is 0.577. The minimum atomic E-state index is 0.577. The summed E-state index contributed by atoms with van der Waals surface area (Å²) in [5.41, 5.74) is 2.34. The zero-order valence-corrected chi connectivity index (χ0v) is 12.6. The average Bonchev–Trinajstić information content (AvgIpc) is 2.95. The Morgan fingerprint density at radius 1 is 1.12 bits per heavy atom. The zero-order chi connectivity index (χ0) is 12.6. The van der Waals surface area contributed by atoms with E-state index < -0.39 is 0 Å². The largest absolute Gasteiger partial charge is 0.0648 e. The van der Waals surface area contributed by atoms with Crippen LogP contribution in [0.3, 0.4) is 0 Å². The standard InChI is InChI=1S/C16H30/c1-9-13(5)12(4)16(13,8)15(7)10-14(15,6)11(2)3/h11-12H,9-10H2,1-8H3. The van der Waals surface area contributed by atoms with Gasteiger partial charge >= 0.3 is 0 Å². The van der Waals surface area contributed by atoms with E-state index in [-0.39, 0.29) is 0 Å². The second-order valence-corrected chi connectivity index (χ2v) is 7.78. The molecule has 16 heavy (non-hydrogen) atoms. The highest BCUT2D eigenvalue weighted by atomic mass is 14.9. The Morgan fingerprint density at radius 3 is 1.88 bits per heavy atom. The van der Waals surface area contributed by atoms with Crippen LogP contribution >= 0.6 is 0 Å². The van der Waals surface area contributed by atoms with Crippen LogP contribution < -0.4 is 0 Å². The van der Waals surface area contributed by atoms with Crippen molar-refractivity contribution in [1.82, 2.24) is 0 Å². The first-order valence-electron chi connectivity index (χ1n) is 7.12. The second-order valence-electron chi connectivity index (χ2n) is 7.78. The highest BCUT2D eigenvalue weighted by Crippen LogP contribution is 2.89. The van der Waals surface area contributed by atoms with Gasteiger partial charge in [-0.3, -0.25) is 0 Å². The first-order chi connectivity index (χ1) is 7.12. The summed E-state index contributed by atoms with van der Waals surface area (Å²) >= 11 is 0. The van der Waals surface area contributed by atoms with Gasteiger partial charge in [0.05, 0.1) is 0 Å². The van der Waals surface area contributed by atoms with Gasteiger partial charge in [0.25, 0.3) is 0 Å². The lowest BCUT2D eigenvalue weighted by Gasteiger charge is -2.32. The van der Waals surface area contributed by atoms with Crippen LogP contribution in [0.4, 0.5) is 0 Å². The molecule has 0 heteroatoms. The monoisotopic (exact) mass is 222 g/mol. The fraction of sp³-hybridized carbons (Fsp3) is 1.00. The molecule has 0 radical (unpaired) electrons. The van der Waals surface area contributed by atoms with Crippen LogP contribution in [0.2, 0.25) is 0 Å². The predicted molar refractivity (Wildman–Crippen MR) is 71.3 cm³/mol. The van der Waals surface area contributed by atoms with E-state index in [4.69, 9.17) is 0 Å². The van der Waals surface area contributed by atoms with Crippen molar-refractivity contribution in [3.63, 3.8) is 0 Å². The van der Waals surface area contributed by atoms with Gasteiger partial charge in [-0.15, -0.1) is 0 Å². The van der Waals surface area contributed by atoms with Crippen LogP contribution in [0.25, 0.3) is 0 Å². The van der Waals surface area contributed by atoms with Gasteiger partial charge in [-0.2, -0.15) is 0 Å². The van der Waals surface area contributed by atoms with Crippen molar-refractivity contribution in [3.8, 4) is 0 Å². The Kier molecular flexibility index (Phi) is 2.24. The third-order valence-corrected chi connectivity index (χ3v) is 7.94. The Labute approximate surface area is 102 Å². The second kappa shape index (κ2) is 2.87. The molecule has 0 aromatic heterocycles. The topological polar surface area (TPSA) is 0 Å². The Morgan fingerprint density at radius 2 is 1.62 bits per heavy atom. The molecule has 2 aliphatic carbocycles. The van der Waals surface area contributed by atoms with Crippen LogP contribution in [-0.2, 0) is 0 Å². The maximum absolute atomic E-state index is 2.56.